The summed E-state index contributed by atoms with van der Waals surface area (Å²) >= 11 is 1.35. The van der Waals surface area contributed by atoms with Crippen LogP contribution in [-0.4, -0.2) is 52.7 Å². The highest BCUT2D eigenvalue weighted by molar-refractivity contribution is 7.13. The Morgan fingerprint density at radius 1 is 1.14 bits per heavy atom. The molecule has 0 unspecified atom stereocenters. The van der Waals surface area contributed by atoms with Gasteiger partial charge in [0.25, 0.3) is 5.91 Å². The number of aromatic nitrogens is 3. The van der Waals surface area contributed by atoms with Crippen molar-refractivity contribution in [1.29, 1.82) is 0 Å². The van der Waals surface area contributed by atoms with Crippen molar-refractivity contribution < 1.29 is 14.3 Å². The molecule has 3 heterocycles. The van der Waals surface area contributed by atoms with Gasteiger partial charge in [-0.2, -0.15) is 0 Å². The molecule has 11 nitrogen and oxygen atoms in total. The number of ether oxygens (including phenoxy) is 1. The van der Waals surface area contributed by atoms with Gasteiger partial charge in [-0.15, -0.1) is 11.3 Å². The number of thiazole rings is 1. The van der Waals surface area contributed by atoms with E-state index in [1.54, 1.807) is 54.5 Å². The monoisotopic (exact) mass is 516 g/mol. The minimum Gasteiger partial charge on any atom is -0.398 e. The van der Waals surface area contributed by atoms with E-state index in [1.165, 1.54) is 11.3 Å². The van der Waals surface area contributed by atoms with Crippen LogP contribution >= 0.6 is 11.3 Å². The minimum atomic E-state index is -0.548. The van der Waals surface area contributed by atoms with Gasteiger partial charge < -0.3 is 27.3 Å². The maximum Gasteiger partial charge on any atom is 0.275 e. The summed E-state index contributed by atoms with van der Waals surface area (Å²) < 4.78 is 5.11. The molecular weight excluding hydrogens is 492 g/mol. The molecular formula is C25H24N8O3S. The van der Waals surface area contributed by atoms with Crippen molar-refractivity contribution in [2.45, 2.75) is 0 Å². The molecule has 3 aromatic heterocycles. The number of carbonyl (C=O) groups is 2. The van der Waals surface area contributed by atoms with E-state index < -0.39 is 5.91 Å². The lowest BCUT2D eigenvalue weighted by molar-refractivity contribution is -0.122. The SMILES string of the molecule is NC(=O)COCCN=Cc1cc(NC(=O)c2csc(-c3cccnc3)n2)c(-c2ccnc(N)c2)cc1N. The standard InChI is InChI=1S/C25H24N8O3S/c26-19-10-18(15-3-5-31-22(27)9-15)20(8-17(19)12-30-6-7-36-13-23(28)34)32-24(35)21-14-37-25(33-21)16-2-1-4-29-11-16/h1-5,8-12,14H,6-7,13,26H2,(H2,27,31)(H2,28,34)(H,32,35). The Kier molecular flexibility index (Phi) is 8.13. The Bertz CT molecular complexity index is 1440. The van der Waals surface area contributed by atoms with Crippen LogP contribution in [-0.2, 0) is 9.53 Å². The number of nitrogens with one attached hydrogen (secondary N) is 1. The Labute approximate surface area is 216 Å². The van der Waals surface area contributed by atoms with Crippen LogP contribution in [0.3, 0.4) is 0 Å². The van der Waals surface area contributed by atoms with Crippen LogP contribution in [0.25, 0.3) is 21.7 Å². The summed E-state index contributed by atoms with van der Waals surface area (Å²) in [6.45, 7) is 0.351. The lowest BCUT2D eigenvalue weighted by atomic mass is 10.0. The molecule has 0 saturated carbocycles. The molecule has 0 radical (unpaired) electrons. The first kappa shape index (κ1) is 25.4. The number of nitrogens with zero attached hydrogens (tertiary/aromatic N) is 4. The number of rotatable bonds is 10. The maximum absolute atomic E-state index is 13.2. The first-order valence-electron chi connectivity index (χ1n) is 11.1. The molecule has 37 heavy (non-hydrogen) atoms. The molecule has 188 valence electrons. The molecule has 4 aromatic rings. The van der Waals surface area contributed by atoms with Gasteiger partial charge in [0.05, 0.1) is 13.2 Å². The van der Waals surface area contributed by atoms with Crippen molar-refractivity contribution in [1.82, 2.24) is 15.0 Å². The molecule has 0 saturated heterocycles. The smallest absolute Gasteiger partial charge is 0.275 e. The van der Waals surface area contributed by atoms with E-state index in [-0.39, 0.29) is 24.8 Å². The van der Waals surface area contributed by atoms with E-state index in [2.05, 4.69) is 25.3 Å². The van der Waals surface area contributed by atoms with Gasteiger partial charge in [-0.25, -0.2) is 9.97 Å². The molecule has 0 aliphatic rings. The molecule has 0 aliphatic carbocycles. The van der Waals surface area contributed by atoms with Crippen LogP contribution in [0, 0.1) is 0 Å². The van der Waals surface area contributed by atoms with Gasteiger partial charge in [0.1, 0.15) is 23.1 Å². The fraction of sp³-hybridized carbons (Fsp3) is 0.120. The minimum absolute atomic E-state index is 0.170. The molecule has 2 amide bonds. The van der Waals surface area contributed by atoms with Gasteiger partial charge in [0, 0.05) is 58.3 Å². The van der Waals surface area contributed by atoms with Gasteiger partial charge in [0.2, 0.25) is 5.91 Å². The third-order valence-electron chi connectivity index (χ3n) is 5.05. The highest BCUT2D eigenvalue weighted by Gasteiger charge is 2.16. The van der Waals surface area contributed by atoms with Gasteiger partial charge >= 0.3 is 0 Å². The Morgan fingerprint density at radius 2 is 2.00 bits per heavy atom. The first-order chi connectivity index (χ1) is 17.9. The highest BCUT2D eigenvalue weighted by Crippen LogP contribution is 2.33. The number of primary amides is 1. The van der Waals surface area contributed by atoms with Crippen LogP contribution in [0.5, 0.6) is 0 Å². The zero-order chi connectivity index (χ0) is 26.2. The number of carbonyl (C=O) groups excluding carboxylic acids is 2. The zero-order valence-electron chi connectivity index (χ0n) is 19.6. The van der Waals surface area contributed by atoms with Crippen LogP contribution in [0.2, 0.25) is 0 Å². The topological polar surface area (TPSA) is 184 Å². The molecule has 12 heteroatoms. The normalized spacial score (nSPS) is 11.0. The van der Waals surface area contributed by atoms with Crippen molar-refractivity contribution in [2.24, 2.45) is 10.7 Å². The van der Waals surface area contributed by atoms with Crippen LogP contribution < -0.4 is 22.5 Å². The predicted molar refractivity (Wildman–Crippen MR) is 144 cm³/mol. The van der Waals surface area contributed by atoms with E-state index >= 15 is 0 Å². The van der Waals surface area contributed by atoms with Crippen molar-refractivity contribution in [3.8, 4) is 21.7 Å². The molecule has 1 aromatic carbocycles. The number of anilines is 3. The lowest BCUT2D eigenvalue weighted by Gasteiger charge is -2.14. The lowest BCUT2D eigenvalue weighted by Crippen LogP contribution is -2.19. The summed E-state index contributed by atoms with van der Waals surface area (Å²) in [5, 5.41) is 5.31. The second kappa shape index (κ2) is 11.8. The molecule has 0 fully saturated rings. The fourth-order valence-electron chi connectivity index (χ4n) is 3.34. The van der Waals surface area contributed by atoms with E-state index in [4.69, 9.17) is 21.9 Å². The second-order valence-electron chi connectivity index (χ2n) is 7.78. The predicted octanol–water partition coefficient (Wildman–Crippen LogP) is 2.60. The number of hydrogen-bond donors (Lipinski definition) is 4. The van der Waals surface area contributed by atoms with Crippen LogP contribution in [0.1, 0.15) is 16.1 Å². The summed E-state index contributed by atoms with van der Waals surface area (Å²) in [5.41, 5.74) is 21.2. The highest BCUT2D eigenvalue weighted by atomic mass is 32.1. The van der Waals surface area contributed by atoms with Crippen LogP contribution in [0.4, 0.5) is 17.2 Å². The van der Waals surface area contributed by atoms with Gasteiger partial charge in [0.15, 0.2) is 0 Å². The van der Waals surface area contributed by atoms with E-state index in [0.717, 1.165) is 11.1 Å². The van der Waals surface area contributed by atoms with Crippen molar-refractivity contribution >= 4 is 46.6 Å². The third kappa shape index (κ3) is 6.72. The van der Waals surface area contributed by atoms with Crippen molar-refractivity contribution in [3.63, 3.8) is 0 Å². The summed E-state index contributed by atoms with van der Waals surface area (Å²) in [4.78, 5) is 40.8. The summed E-state index contributed by atoms with van der Waals surface area (Å²) in [6.07, 6.45) is 6.52. The number of nitrogen functional groups attached to an aromatic ring is 2. The molecule has 4 rings (SSSR count). The van der Waals surface area contributed by atoms with E-state index in [1.807, 2.05) is 12.1 Å². The van der Waals surface area contributed by atoms with E-state index in [0.29, 0.717) is 39.9 Å². The summed E-state index contributed by atoms with van der Waals surface area (Å²) in [6, 6.07) is 10.6. The second-order valence-corrected chi connectivity index (χ2v) is 8.64. The maximum atomic E-state index is 13.2. The Balaban J connectivity index is 1.60. The molecule has 0 bridgehead atoms. The van der Waals surface area contributed by atoms with Gasteiger partial charge in [-0.1, -0.05) is 0 Å². The molecule has 0 spiro atoms. The number of pyridine rings is 2. The Morgan fingerprint density at radius 3 is 2.76 bits per heavy atom. The third-order valence-corrected chi connectivity index (χ3v) is 5.94. The van der Waals surface area contributed by atoms with Crippen LogP contribution in [0.15, 0.2) is 65.4 Å². The summed E-state index contributed by atoms with van der Waals surface area (Å²) in [7, 11) is 0. The molecule has 7 N–H and O–H groups in total. The number of nitrogens with two attached hydrogens (primary N) is 3. The zero-order valence-corrected chi connectivity index (χ0v) is 20.4. The number of aliphatic imine (C=N–C) groups is 1. The van der Waals surface area contributed by atoms with Crippen molar-refractivity contribution in [3.05, 3.63) is 71.6 Å². The van der Waals surface area contributed by atoms with E-state index in [9.17, 15) is 9.59 Å². The molecule has 0 atom stereocenters. The van der Waals surface area contributed by atoms with Gasteiger partial charge in [-0.05, 0) is 42.0 Å². The number of amides is 2. The number of hydrogen-bond acceptors (Lipinski definition) is 10. The first-order valence-corrected chi connectivity index (χ1v) is 12.0. The van der Waals surface area contributed by atoms with Crippen molar-refractivity contribution in [2.75, 3.05) is 36.5 Å². The Hall–Kier alpha value is -4.68. The quantitative estimate of drug-likeness (QED) is 0.141. The fourth-order valence-corrected chi connectivity index (χ4v) is 4.13. The molecule has 0 aliphatic heterocycles. The number of benzene rings is 1. The average Bonchev–Trinajstić information content (AvgIpc) is 3.38. The van der Waals surface area contributed by atoms with Gasteiger partial charge in [-0.3, -0.25) is 19.6 Å². The largest absolute Gasteiger partial charge is 0.398 e. The summed E-state index contributed by atoms with van der Waals surface area (Å²) in [5.74, 6) is -0.605. The average molecular weight is 517 g/mol.